The van der Waals surface area contributed by atoms with Gasteiger partial charge in [0.2, 0.25) is 5.11 Å². The van der Waals surface area contributed by atoms with Crippen molar-refractivity contribution in [2.75, 3.05) is 7.05 Å². The van der Waals surface area contributed by atoms with Gasteiger partial charge in [0.1, 0.15) is 5.71 Å². The molecule has 1 amide bonds. The van der Waals surface area contributed by atoms with E-state index in [1.54, 1.807) is 18.4 Å². The lowest BCUT2D eigenvalue weighted by molar-refractivity contribution is -0.119. The zero-order valence-corrected chi connectivity index (χ0v) is 11.1. The lowest BCUT2D eigenvalue weighted by Gasteiger charge is -2.05. The van der Waals surface area contributed by atoms with Crippen molar-refractivity contribution >= 4 is 56.2 Å². The first kappa shape index (κ1) is 10.9. The van der Waals surface area contributed by atoms with E-state index in [1.807, 2.05) is 12.1 Å². The van der Waals surface area contributed by atoms with Crippen molar-refractivity contribution in [3.05, 3.63) is 20.8 Å². The first-order valence-corrected chi connectivity index (χ1v) is 6.23. The minimum Gasteiger partial charge on any atom is -0.285 e. The molecule has 3 nitrogen and oxygen atoms in total. The van der Waals surface area contributed by atoms with E-state index < -0.39 is 0 Å². The minimum atomic E-state index is -0.0930. The van der Waals surface area contributed by atoms with E-state index in [1.165, 1.54) is 4.90 Å². The molecule has 0 fully saturated rings. The number of halogens is 1. The molecule has 0 aromatic carbocycles. The quantitative estimate of drug-likeness (QED) is 0.785. The molecule has 2 heterocycles. The summed E-state index contributed by atoms with van der Waals surface area (Å²) in [5.74, 6) is -0.0930. The molecule has 0 unspecified atom stereocenters. The summed E-state index contributed by atoms with van der Waals surface area (Å²) in [5.41, 5.74) is 0.525. The van der Waals surface area contributed by atoms with Gasteiger partial charge in [0.15, 0.2) is 0 Å². The summed E-state index contributed by atoms with van der Waals surface area (Å²) >= 11 is 9.91. The highest BCUT2D eigenvalue weighted by Gasteiger charge is 2.27. The largest absolute Gasteiger partial charge is 0.285 e. The lowest BCUT2D eigenvalue weighted by atomic mass is 10.2. The molecule has 2 rings (SSSR count). The molecule has 0 saturated heterocycles. The average Bonchev–Trinajstić information content (AvgIpc) is 2.68. The van der Waals surface area contributed by atoms with Crippen molar-refractivity contribution in [3.8, 4) is 0 Å². The maximum Gasteiger partial charge on any atom is 0.274 e. The van der Waals surface area contributed by atoms with E-state index >= 15 is 0 Å². The molecule has 78 valence electrons. The van der Waals surface area contributed by atoms with E-state index in [0.29, 0.717) is 17.2 Å². The van der Waals surface area contributed by atoms with Crippen molar-refractivity contribution in [3.63, 3.8) is 0 Å². The number of carbonyl (C=O) groups excluding carboxylic acids is 1. The SMILES string of the molecule is CN1C(=O)C(Cc2ccc(Br)s2)=NC1=S. The van der Waals surface area contributed by atoms with Gasteiger partial charge in [-0.3, -0.25) is 9.69 Å². The number of thiocarbonyl (C=S) groups is 1. The Labute approximate surface area is 105 Å². The number of amides is 1. The standard InChI is InChI=1S/C9H7BrN2OS2/c1-12-8(13)6(11-9(12)14)4-5-2-3-7(10)15-5/h2-3H,4H2,1H3. The van der Waals surface area contributed by atoms with E-state index in [-0.39, 0.29) is 5.91 Å². The fraction of sp³-hybridized carbons (Fsp3) is 0.222. The first-order valence-electron chi connectivity index (χ1n) is 4.21. The van der Waals surface area contributed by atoms with Crippen LogP contribution in [0.1, 0.15) is 4.88 Å². The number of thiophene rings is 1. The summed E-state index contributed by atoms with van der Waals surface area (Å²) in [6.45, 7) is 0. The monoisotopic (exact) mass is 302 g/mol. The second-order valence-corrected chi connectivity index (χ2v) is 6.00. The molecule has 1 aromatic heterocycles. The number of aliphatic imine (C=N–C) groups is 1. The molecular weight excluding hydrogens is 296 g/mol. The van der Waals surface area contributed by atoms with Crippen molar-refractivity contribution in [1.82, 2.24) is 4.90 Å². The summed E-state index contributed by atoms with van der Waals surface area (Å²) in [6.07, 6.45) is 0.555. The van der Waals surface area contributed by atoms with Gasteiger partial charge in [0.05, 0.1) is 3.79 Å². The van der Waals surface area contributed by atoms with Crippen LogP contribution >= 0.6 is 39.5 Å². The Bertz CT molecular complexity index is 466. The second kappa shape index (κ2) is 4.11. The van der Waals surface area contributed by atoms with Gasteiger partial charge in [-0.2, -0.15) is 0 Å². The smallest absolute Gasteiger partial charge is 0.274 e. The fourth-order valence-electron chi connectivity index (χ4n) is 1.25. The summed E-state index contributed by atoms with van der Waals surface area (Å²) in [4.78, 5) is 18.2. The molecule has 0 saturated carbocycles. The Balaban J connectivity index is 2.17. The molecule has 0 atom stereocenters. The van der Waals surface area contributed by atoms with Gasteiger partial charge >= 0.3 is 0 Å². The highest BCUT2D eigenvalue weighted by atomic mass is 79.9. The number of nitrogens with zero attached hydrogens (tertiary/aromatic N) is 2. The molecule has 0 aliphatic carbocycles. The second-order valence-electron chi connectivity index (χ2n) is 3.09. The molecule has 0 spiro atoms. The van der Waals surface area contributed by atoms with Crippen molar-refractivity contribution in [2.24, 2.45) is 4.99 Å². The first-order chi connectivity index (χ1) is 7.08. The van der Waals surface area contributed by atoms with E-state index in [9.17, 15) is 4.79 Å². The third-order valence-corrected chi connectivity index (χ3v) is 4.03. The molecule has 0 radical (unpaired) electrons. The zero-order chi connectivity index (χ0) is 11.0. The van der Waals surface area contributed by atoms with Gasteiger partial charge in [0.25, 0.3) is 5.91 Å². The van der Waals surface area contributed by atoms with Crippen LogP contribution in [-0.4, -0.2) is 28.7 Å². The van der Waals surface area contributed by atoms with Crippen molar-refractivity contribution in [1.29, 1.82) is 0 Å². The third kappa shape index (κ3) is 2.16. The van der Waals surface area contributed by atoms with Gasteiger partial charge in [-0.1, -0.05) is 0 Å². The fourth-order valence-corrected chi connectivity index (χ4v) is 2.93. The topological polar surface area (TPSA) is 32.7 Å². The van der Waals surface area contributed by atoms with Crippen LogP contribution in [0.25, 0.3) is 0 Å². The predicted molar refractivity (Wildman–Crippen MR) is 68.5 cm³/mol. The summed E-state index contributed by atoms with van der Waals surface area (Å²) < 4.78 is 1.06. The molecule has 6 heteroatoms. The van der Waals surface area contributed by atoms with Gasteiger partial charge < -0.3 is 0 Å². The number of carbonyl (C=O) groups is 1. The van der Waals surface area contributed by atoms with Crippen molar-refractivity contribution in [2.45, 2.75) is 6.42 Å². The lowest BCUT2D eigenvalue weighted by Crippen LogP contribution is -2.28. The maximum atomic E-state index is 11.6. The van der Waals surface area contributed by atoms with Crippen LogP contribution in [0, 0.1) is 0 Å². The highest BCUT2D eigenvalue weighted by molar-refractivity contribution is 9.11. The Hall–Kier alpha value is -0.590. The van der Waals surface area contributed by atoms with E-state index in [2.05, 4.69) is 20.9 Å². The summed E-state index contributed by atoms with van der Waals surface area (Å²) in [7, 11) is 1.64. The third-order valence-electron chi connectivity index (χ3n) is 2.04. The Kier molecular flexibility index (Phi) is 2.99. The van der Waals surface area contributed by atoms with Crippen LogP contribution in [0.15, 0.2) is 20.9 Å². The summed E-state index contributed by atoms with van der Waals surface area (Å²) in [6, 6.07) is 3.94. The van der Waals surface area contributed by atoms with Gasteiger partial charge in [-0.25, -0.2) is 4.99 Å². The maximum absolute atomic E-state index is 11.6. The van der Waals surface area contributed by atoms with Gasteiger partial charge in [0, 0.05) is 18.3 Å². The van der Waals surface area contributed by atoms with Crippen LogP contribution in [-0.2, 0) is 11.2 Å². The number of rotatable bonds is 2. The highest BCUT2D eigenvalue weighted by Crippen LogP contribution is 2.23. The number of hydrogen-bond donors (Lipinski definition) is 0. The van der Waals surface area contributed by atoms with Crippen LogP contribution in [0.5, 0.6) is 0 Å². The normalized spacial score (nSPS) is 16.1. The molecule has 1 aromatic rings. The van der Waals surface area contributed by atoms with Crippen LogP contribution < -0.4 is 0 Å². The van der Waals surface area contributed by atoms with Gasteiger partial charge in [-0.05, 0) is 40.3 Å². The predicted octanol–water partition coefficient (Wildman–Crippen LogP) is 2.25. The molecule has 0 N–H and O–H groups in total. The summed E-state index contributed by atoms with van der Waals surface area (Å²) in [5, 5.41) is 0.352. The molecule has 1 aliphatic rings. The van der Waals surface area contributed by atoms with E-state index in [0.717, 1.165) is 8.66 Å². The Morgan fingerprint density at radius 1 is 1.60 bits per heavy atom. The molecule has 0 bridgehead atoms. The molecule has 1 aliphatic heterocycles. The van der Waals surface area contributed by atoms with Crippen LogP contribution in [0.2, 0.25) is 0 Å². The van der Waals surface area contributed by atoms with Gasteiger partial charge in [-0.15, -0.1) is 11.3 Å². The Morgan fingerprint density at radius 2 is 2.33 bits per heavy atom. The Morgan fingerprint density at radius 3 is 2.80 bits per heavy atom. The minimum absolute atomic E-state index is 0.0930. The molecule has 15 heavy (non-hydrogen) atoms. The van der Waals surface area contributed by atoms with Crippen LogP contribution in [0.3, 0.4) is 0 Å². The zero-order valence-electron chi connectivity index (χ0n) is 7.86. The van der Waals surface area contributed by atoms with Crippen molar-refractivity contribution < 1.29 is 4.79 Å². The molecular formula is C9H7BrN2OS2. The number of hydrogen-bond acceptors (Lipinski definition) is 3. The van der Waals surface area contributed by atoms with E-state index in [4.69, 9.17) is 12.2 Å². The average molecular weight is 303 g/mol. The van der Waals surface area contributed by atoms with Crippen LogP contribution in [0.4, 0.5) is 0 Å².